The summed E-state index contributed by atoms with van der Waals surface area (Å²) in [5.41, 5.74) is -0.318. The molecule has 0 aromatic rings. The van der Waals surface area contributed by atoms with E-state index in [4.69, 9.17) is 6.42 Å². The Hall–Kier alpha value is -1.50. The summed E-state index contributed by atoms with van der Waals surface area (Å²) in [6, 6.07) is -1.01. The second kappa shape index (κ2) is 6.51. The molecule has 1 rings (SSSR count). The molecule has 1 aliphatic heterocycles. The van der Waals surface area contributed by atoms with Crippen LogP contribution in [-0.2, 0) is 9.59 Å². The van der Waals surface area contributed by atoms with Gasteiger partial charge in [-0.2, -0.15) is 0 Å². The van der Waals surface area contributed by atoms with Crippen LogP contribution in [-0.4, -0.2) is 34.8 Å². The van der Waals surface area contributed by atoms with Crippen LogP contribution in [0.15, 0.2) is 0 Å². The Bertz CT molecular complexity index is 443. The molecule has 4 nitrogen and oxygen atoms in total. The number of piperazine rings is 1. The molecule has 4 heteroatoms. The molecule has 21 heavy (non-hydrogen) atoms. The van der Waals surface area contributed by atoms with Gasteiger partial charge >= 0.3 is 0 Å². The zero-order valence-electron chi connectivity index (χ0n) is 14.1. The highest BCUT2D eigenvalue weighted by molar-refractivity contribution is 5.97. The number of nitrogens with zero attached hydrogens (tertiary/aromatic N) is 1. The lowest BCUT2D eigenvalue weighted by Gasteiger charge is -2.47. The quantitative estimate of drug-likeness (QED) is 0.808. The van der Waals surface area contributed by atoms with Gasteiger partial charge < -0.3 is 10.2 Å². The molecule has 0 aromatic heterocycles. The number of hydrogen-bond acceptors (Lipinski definition) is 2. The van der Waals surface area contributed by atoms with Gasteiger partial charge in [0.2, 0.25) is 11.8 Å². The normalized spacial score (nSPS) is 24.8. The van der Waals surface area contributed by atoms with Crippen molar-refractivity contribution in [1.82, 2.24) is 10.2 Å². The molecule has 3 unspecified atom stereocenters. The maximum absolute atomic E-state index is 13.0. The predicted molar refractivity (Wildman–Crippen MR) is 84.4 cm³/mol. The third-order valence-corrected chi connectivity index (χ3v) is 4.07. The molecule has 1 saturated heterocycles. The highest BCUT2D eigenvalue weighted by Crippen LogP contribution is 2.30. The Morgan fingerprint density at radius 3 is 2.29 bits per heavy atom. The van der Waals surface area contributed by atoms with Gasteiger partial charge in [-0.25, -0.2) is 0 Å². The van der Waals surface area contributed by atoms with E-state index in [2.05, 4.69) is 11.2 Å². The van der Waals surface area contributed by atoms with Gasteiger partial charge in [-0.05, 0) is 17.8 Å². The van der Waals surface area contributed by atoms with Crippen LogP contribution in [0.5, 0.6) is 0 Å². The summed E-state index contributed by atoms with van der Waals surface area (Å²) >= 11 is 0. The standard InChI is InChI=1S/C17H28N2O2/c1-8-10-12(9-2)19-13(11(3)4)15(20)18-14(16(19)21)17(5,6)7/h1,11-14H,9-10H2,2-7H3,(H,18,20). The first-order valence-corrected chi connectivity index (χ1v) is 7.71. The molecule has 3 atom stereocenters. The molecule has 0 aliphatic carbocycles. The number of hydrogen-bond donors (Lipinski definition) is 1. The first kappa shape index (κ1) is 17.6. The Morgan fingerprint density at radius 2 is 1.90 bits per heavy atom. The van der Waals surface area contributed by atoms with Crippen molar-refractivity contribution >= 4 is 11.8 Å². The number of terminal acetylenes is 1. The average molecular weight is 292 g/mol. The molecule has 1 fully saturated rings. The van der Waals surface area contributed by atoms with Gasteiger partial charge in [-0.1, -0.05) is 41.5 Å². The van der Waals surface area contributed by atoms with Crippen molar-refractivity contribution < 1.29 is 9.59 Å². The maximum atomic E-state index is 13.0. The smallest absolute Gasteiger partial charge is 0.246 e. The second-order valence-corrected chi connectivity index (χ2v) is 7.21. The molecule has 0 aromatic carbocycles. The fourth-order valence-corrected chi connectivity index (χ4v) is 2.90. The van der Waals surface area contributed by atoms with E-state index in [1.165, 1.54) is 0 Å². The van der Waals surface area contributed by atoms with Crippen molar-refractivity contribution in [3.63, 3.8) is 0 Å². The maximum Gasteiger partial charge on any atom is 0.246 e. The molecule has 0 spiro atoms. The predicted octanol–water partition coefficient (Wildman–Crippen LogP) is 2.19. The van der Waals surface area contributed by atoms with Gasteiger partial charge in [-0.15, -0.1) is 12.3 Å². The number of rotatable bonds is 4. The van der Waals surface area contributed by atoms with Gasteiger partial charge in [0.15, 0.2) is 0 Å². The van der Waals surface area contributed by atoms with Crippen molar-refractivity contribution in [3.05, 3.63) is 0 Å². The van der Waals surface area contributed by atoms with Gasteiger partial charge in [-0.3, -0.25) is 9.59 Å². The molecule has 0 radical (unpaired) electrons. The summed E-state index contributed by atoms with van der Waals surface area (Å²) < 4.78 is 0. The first-order valence-electron chi connectivity index (χ1n) is 7.71. The lowest BCUT2D eigenvalue weighted by atomic mass is 9.82. The topological polar surface area (TPSA) is 49.4 Å². The second-order valence-electron chi connectivity index (χ2n) is 7.21. The Labute approximate surface area is 128 Å². The number of amides is 2. The minimum Gasteiger partial charge on any atom is -0.342 e. The number of carbonyl (C=O) groups excluding carboxylic acids is 2. The van der Waals surface area contributed by atoms with Crippen molar-refractivity contribution in [1.29, 1.82) is 0 Å². The highest BCUT2D eigenvalue weighted by atomic mass is 16.2. The summed E-state index contributed by atoms with van der Waals surface area (Å²) in [5, 5.41) is 2.91. The van der Waals surface area contributed by atoms with E-state index in [1.807, 2.05) is 41.5 Å². The van der Waals surface area contributed by atoms with Crippen LogP contribution in [0, 0.1) is 23.7 Å². The number of nitrogens with one attached hydrogen (secondary N) is 1. The molecule has 118 valence electrons. The van der Waals surface area contributed by atoms with E-state index in [0.717, 1.165) is 6.42 Å². The van der Waals surface area contributed by atoms with Crippen molar-refractivity contribution in [2.24, 2.45) is 11.3 Å². The molecule has 2 amide bonds. The fraction of sp³-hybridized carbons (Fsp3) is 0.765. The summed E-state index contributed by atoms with van der Waals surface area (Å²) in [4.78, 5) is 27.2. The highest BCUT2D eigenvalue weighted by Gasteiger charge is 2.47. The zero-order valence-corrected chi connectivity index (χ0v) is 14.1. The minimum atomic E-state index is -0.494. The van der Waals surface area contributed by atoms with E-state index < -0.39 is 12.1 Å². The van der Waals surface area contributed by atoms with Crippen LogP contribution in [0.25, 0.3) is 0 Å². The van der Waals surface area contributed by atoms with Crippen molar-refractivity contribution in [2.75, 3.05) is 0 Å². The summed E-state index contributed by atoms with van der Waals surface area (Å²) in [6.45, 7) is 11.8. The third kappa shape index (κ3) is 3.58. The van der Waals surface area contributed by atoms with Gasteiger partial charge in [0, 0.05) is 12.5 Å². The average Bonchev–Trinajstić information content (AvgIpc) is 2.36. The largest absolute Gasteiger partial charge is 0.342 e. The third-order valence-electron chi connectivity index (χ3n) is 4.07. The van der Waals surface area contributed by atoms with Crippen molar-refractivity contribution in [2.45, 2.75) is 72.5 Å². The van der Waals surface area contributed by atoms with E-state index in [-0.39, 0.29) is 29.2 Å². The van der Waals surface area contributed by atoms with Crippen LogP contribution in [0.3, 0.4) is 0 Å². The molecule has 0 saturated carbocycles. The minimum absolute atomic E-state index is 0.0112. The Morgan fingerprint density at radius 1 is 1.33 bits per heavy atom. The van der Waals surface area contributed by atoms with E-state index in [0.29, 0.717) is 6.42 Å². The summed E-state index contributed by atoms with van der Waals surface area (Å²) in [7, 11) is 0. The van der Waals surface area contributed by atoms with Crippen LogP contribution in [0.1, 0.15) is 54.4 Å². The molecule has 1 N–H and O–H groups in total. The molecular weight excluding hydrogens is 264 g/mol. The summed E-state index contributed by atoms with van der Waals surface area (Å²) in [5.74, 6) is 2.62. The monoisotopic (exact) mass is 292 g/mol. The van der Waals surface area contributed by atoms with Crippen LogP contribution >= 0.6 is 0 Å². The zero-order chi connectivity index (χ0) is 16.4. The van der Waals surface area contributed by atoms with Gasteiger partial charge in [0.25, 0.3) is 0 Å². The molecule has 1 heterocycles. The fourth-order valence-electron chi connectivity index (χ4n) is 2.90. The summed E-state index contributed by atoms with van der Waals surface area (Å²) in [6.07, 6.45) is 6.68. The molecule has 1 aliphatic rings. The Balaban J connectivity index is 3.24. The number of carbonyl (C=O) groups is 2. The van der Waals surface area contributed by atoms with Crippen molar-refractivity contribution in [3.8, 4) is 12.3 Å². The Kier molecular flexibility index (Phi) is 5.44. The van der Waals surface area contributed by atoms with Gasteiger partial charge in [0.05, 0.1) is 0 Å². The lowest BCUT2D eigenvalue weighted by Crippen LogP contribution is -2.69. The van der Waals surface area contributed by atoms with E-state index in [9.17, 15) is 9.59 Å². The molecule has 0 bridgehead atoms. The van der Waals surface area contributed by atoms with Crippen LogP contribution in [0.2, 0.25) is 0 Å². The molecular formula is C17H28N2O2. The SMILES string of the molecule is C#CCC(CC)N1C(=O)C(C(C)(C)C)NC(=O)C1C(C)C. The van der Waals surface area contributed by atoms with Gasteiger partial charge in [0.1, 0.15) is 12.1 Å². The van der Waals surface area contributed by atoms with Crippen LogP contribution in [0.4, 0.5) is 0 Å². The lowest BCUT2D eigenvalue weighted by molar-refractivity contribution is -0.157. The first-order chi connectivity index (χ1) is 9.65. The van der Waals surface area contributed by atoms with E-state index >= 15 is 0 Å². The van der Waals surface area contributed by atoms with Crippen LogP contribution < -0.4 is 5.32 Å². The van der Waals surface area contributed by atoms with E-state index in [1.54, 1.807) is 4.90 Å².